The van der Waals surface area contributed by atoms with Crippen LogP contribution in [-0.4, -0.2) is 42.8 Å². The van der Waals surface area contributed by atoms with Crippen LogP contribution in [0.2, 0.25) is 0 Å². The van der Waals surface area contributed by atoms with Gasteiger partial charge in [-0.1, -0.05) is 0 Å². The first-order valence-corrected chi connectivity index (χ1v) is 6.63. The fourth-order valence-electron chi connectivity index (χ4n) is 2.36. The van der Waals surface area contributed by atoms with E-state index in [0.717, 1.165) is 50.0 Å². The van der Waals surface area contributed by atoms with E-state index in [1.54, 1.807) is 0 Å². The first-order chi connectivity index (χ1) is 8.72. The second-order valence-electron chi connectivity index (χ2n) is 4.57. The van der Waals surface area contributed by atoms with Gasteiger partial charge in [0.25, 0.3) is 0 Å². The number of aromatic nitrogens is 2. The summed E-state index contributed by atoms with van der Waals surface area (Å²) in [7, 11) is 1.88. The van der Waals surface area contributed by atoms with Crippen LogP contribution < -0.4 is 10.2 Å². The fourth-order valence-corrected chi connectivity index (χ4v) is 2.36. The van der Waals surface area contributed by atoms with Crippen LogP contribution in [-0.2, 0) is 4.74 Å². The van der Waals surface area contributed by atoms with Crippen LogP contribution in [0.4, 0.5) is 11.6 Å². The highest BCUT2D eigenvalue weighted by Gasteiger charge is 2.21. The van der Waals surface area contributed by atoms with Gasteiger partial charge in [0.2, 0.25) is 0 Å². The molecule has 2 heterocycles. The first-order valence-electron chi connectivity index (χ1n) is 6.63. The molecule has 0 saturated carbocycles. The van der Waals surface area contributed by atoms with Gasteiger partial charge in [0.15, 0.2) is 0 Å². The van der Waals surface area contributed by atoms with E-state index < -0.39 is 0 Å². The number of nitrogens with one attached hydrogen (secondary N) is 1. The van der Waals surface area contributed by atoms with E-state index in [2.05, 4.69) is 20.2 Å². The van der Waals surface area contributed by atoms with Gasteiger partial charge in [-0.15, -0.1) is 0 Å². The van der Waals surface area contributed by atoms with Crippen LogP contribution in [0.1, 0.15) is 25.6 Å². The van der Waals surface area contributed by atoms with Crippen LogP contribution in [0.5, 0.6) is 0 Å². The number of piperidine rings is 1. The SMILES string of the molecule is CCOC1CCCN(c2cc(NC)nc(C)n2)C1. The molecule has 0 aromatic carbocycles. The molecular weight excluding hydrogens is 228 g/mol. The molecule has 18 heavy (non-hydrogen) atoms. The number of aryl methyl sites for hydroxylation is 1. The molecule has 0 radical (unpaired) electrons. The molecule has 1 saturated heterocycles. The van der Waals surface area contributed by atoms with E-state index in [1.165, 1.54) is 0 Å². The molecule has 1 aromatic heterocycles. The normalized spacial score (nSPS) is 19.9. The number of hydrogen-bond donors (Lipinski definition) is 1. The third-order valence-corrected chi connectivity index (χ3v) is 3.19. The lowest BCUT2D eigenvalue weighted by atomic mass is 10.1. The lowest BCUT2D eigenvalue weighted by molar-refractivity contribution is 0.0525. The molecule has 1 aliphatic heterocycles. The molecule has 0 spiro atoms. The summed E-state index contributed by atoms with van der Waals surface area (Å²) in [6, 6.07) is 2.00. The standard InChI is InChI=1S/C13H22N4O/c1-4-18-11-6-5-7-17(9-11)13-8-12(14-3)15-10(2)16-13/h8,11H,4-7,9H2,1-3H3,(H,14,15,16). The number of anilines is 2. The summed E-state index contributed by atoms with van der Waals surface area (Å²) in [6.45, 7) is 6.72. The Balaban J connectivity index is 2.12. The Morgan fingerprint density at radius 3 is 3.06 bits per heavy atom. The Labute approximate surface area is 109 Å². The molecule has 100 valence electrons. The number of rotatable bonds is 4. The van der Waals surface area contributed by atoms with Crippen molar-refractivity contribution in [3.63, 3.8) is 0 Å². The summed E-state index contributed by atoms with van der Waals surface area (Å²) in [5.74, 6) is 2.67. The number of hydrogen-bond acceptors (Lipinski definition) is 5. The molecule has 0 amide bonds. The minimum absolute atomic E-state index is 0.331. The van der Waals surface area contributed by atoms with Crippen molar-refractivity contribution < 1.29 is 4.74 Å². The lowest BCUT2D eigenvalue weighted by Crippen LogP contribution is -2.40. The Bertz CT molecular complexity index is 395. The first kappa shape index (κ1) is 13.1. The summed E-state index contributed by atoms with van der Waals surface area (Å²) in [4.78, 5) is 11.1. The van der Waals surface area contributed by atoms with Crippen LogP contribution in [0.15, 0.2) is 6.07 Å². The highest BCUT2D eigenvalue weighted by Crippen LogP contribution is 2.21. The number of nitrogens with zero attached hydrogens (tertiary/aromatic N) is 3. The van der Waals surface area contributed by atoms with Gasteiger partial charge >= 0.3 is 0 Å². The number of ether oxygens (including phenoxy) is 1. The average molecular weight is 250 g/mol. The van der Waals surface area contributed by atoms with Crippen molar-refractivity contribution in [2.45, 2.75) is 32.8 Å². The van der Waals surface area contributed by atoms with Gasteiger partial charge in [-0.25, -0.2) is 9.97 Å². The van der Waals surface area contributed by atoms with Crippen molar-refractivity contribution >= 4 is 11.6 Å². The van der Waals surface area contributed by atoms with E-state index >= 15 is 0 Å². The molecule has 1 atom stereocenters. The minimum atomic E-state index is 0.331. The van der Waals surface area contributed by atoms with E-state index in [0.29, 0.717) is 6.10 Å². The van der Waals surface area contributed by atoms with Gasteiger partial charge in [-0.3, -0.25) is 0 Å². The highest BCUT2D eigenvalue weighted by atomic mass is 16.5. The van der Waals surface area contributed by atoms with E-state index in [9.17, 15) is 0 Å². The molecule has 1 fully saturated rings. The maximum absolute atomic E-state index is 5.72. The smallest absolute Gasteiger partial charge is 0.134 e. The van der Waals surface area contributed by atoms with E-state index in [-0.39, 0.29) is 0 Å². The zero-order valence-corrected chi connectivity index (χ0v) is 11.4. The Kier molecular flexibility index (Phi) is 4.36. The predicted molar refractivity (Wildman–Crippen MR) is 73.2 cm³/mol. The predicted octanol–water partition coefficient (Wildman–Crippen LogP) is 1.83. The monoisotopic (exact) mass is 250 g/mol. The molecule has 1 aromatic rings. The van der Waals surface area contributed by atoms with Gasteiger partial charge in [-0.05, 0) is 26.7 Å². The van der Waals surface area contributed by atoms with Gasteiger partial charge in [0, 0.05) is 32.8 Å². The zero-order valence-electron chi connectivity index (χ0n) is 11.4. The highest BCUT2D eigenvalue weighted by molar-refractivity contribution is 5.49. The van der Waals surface area contributed by atoms with Crippen molar-refractivity contribution in [1.82, 2.24) is 9.97 Å². The van der Waals surface area contributed by atoms with Gasteiger partial charge < -0.3 is 15.0 Å². The molecule has 5 heteroatoms. The summed E-state index contributed by atoms with van der Waals surface area (Å²) in [5.41, 5.74) is 0. The zero-order chi connectivity index (χ0) is 13.0. The quantitative estimate of drug-likeness (QED) is 0.883. The van der Waals surface area contributed by atoms with Crippen LogP contribution in [0.3, 0.4) is 0 Å². The Morgan fingerprint density at radius 1 is 1.50 bits per heavy atom. The molecule has 1 N–H and O–H groups in total. The maximum Gasteiger partial charge on any atom is 0.134 e. The van der Waals surface area contributed by atoms with Gasteiger partial charge in [-0.2, -0.15) is 0 Å². The Morgan fingerprint density at radius 2 is 2.33 bits per heavy atom. The second-order valence-corrected chi connectivity index (χ2v) is 4.57. The summed E-state index contributed by atoms with van der Waals surface area (Å²) in [6.07, 6.45) is 2.63. The topological polar surface area (TPSA) is 50.3 Å². The van der Waals surface area contributed by atoms with Crippen LogP contribution in [0.25, 0.3) is 0 Å². The molecule has 2 rings (SSSR count). The molecule has 1 aliphatic rings. The average Bonchev–Trinajstić information content (AvgIpc) is 2.39. The molecular formula is C13H22N4O. The van der Waals surface area contributed by atoms with Crippen LogP contribution >= 0.6 is 0 Å². The molecule has 5 nitrogen and oxygen atoms in total. The van der Waals surface area contributed by atoms with Crippen molar-refractivity contribution in [3.8, 4) is 0 Å². The fraction of sp³-hybridized carbons (Fsp3) is 0.692. The van der Waals surface area contributed by atoms with E-state index in [4.69, 9.17) is 4.74 Å². The van der Waals surface area contributed by atoms with E-state index in [1.807, 2.05) is 27.0 Å². The lowest BCUT2D eigenvalue weighted by Gasteiger charge is -2.33. The maximum atomic E-state index is 5.72. The van der Waals surface area contributed by atoms with Crippen molar-refractivity contribution in [3.05, 3.63) is 11.9 Å². The van der Waals surface area contributed by atoms with Gasteiger partial charge in [0.05, 0.1) is 6.10 Å². The molecule has 1 unspecified atom stereocenters. The second kappa shape index (κ2) is 6.00. The van der Waals surface area contributed by atoms with Crippen LogP contribution in [0, 0.1) is 6.92 Å². The van der Waals surface area contributed by atoms with Crippen molar-refractivity contribution in [2.24, 2.45) is 0 Å². The minimum Gasteiger partial charge on any atom is -0.377 e. The van der Waals surface area contributed by atoms with Gasteiger partial charge in [0.1, 0.15) is 17.5 Å². The summed E-state index contributed by atoms with van der Waals surface area (Å²) < 4.78 is 5.72. The molecule has 0 bridgehead atoms. The third kappa shape index (κ3) is 3.10. The van der Waals surface area contributed by atoms with Crippen molar-refractivity contribution in [1.29, 1.82) is 0 Å². The van der Waals surface area contributed by atoms with Crippen molar-refractivity contribution in [2.75, 3.05) is 37.0 Å². The largest absolute Gasteiger partial charge is 0.377 e. The summed E-state index contributed by atoms with van der Waals surface area (Å²) in [5, 5.41) is 3.07. The molecule has 0 aliphatic carbocycles. The summed E-state index contributed by atoms with van der Waals surface area (Å²) >= 11 is 0. The Hall–Kier alpha value is -1.36. The third-order valence-electron chi connectivity index (χ3n) is 3.19.